The van der Waals surface area contributed by atoms with Crippen molar-refractivity contribution in [1.82, 2.24) is 9.88 Å². The van der Waals surface area contributed by atoms with Crippen LogP contribution in [0.4, 0.5) is 13.2 Å². The van der Waals surface area contributed by atoms with Crippen LogP contribution in [0.25, 0.3) is 22.4 Å². The van der Waals surface area contributed by atoms with Gasteiger partial charge in [0.05, 0.1) is 28.8 Å². The van der Waals surface area contributed by atoms with Crippen LogP contribution in [0.1, 0.15) is 50.2 Å². The highest BCUT2D eigenvalue weighted by Gasteiger charge is 2.32. The molecule has 1 aromatic heterocycles. The number of likely N-dealkylation sites (tertiary alicyclic amines) is 1. The van der Waals surface area contributed by atoms with Crippen molar-refractivity contribution in [3.8, 4) is 22.4 Å². The van der Waals surface area contributed by atoms with Gasteiger partial charge in [0.1, 0.15) is 0 Å². The Balaban J connectivity index is 1.57. The average molecular weight is 547 g/mol. The highest BCUT2D eigenvalue weighted by molar-refractivity contribution is 6.19. The number of carbonyl (C=O) groups is 3. The Bertz CT molecular complexity index is 1570. The fourth-order valence-electron chi connectivity index (χ4n) is 5.01. The summed E-state index contributed by atoms with van der Waals surface area (Å²) < 4.78 is 39.3. The van der Waals surface area contributed by atoms with Crippen LogP contribution in [0, 0.1) is 0 Å². The molecule has 2 N–H and O–H groups in total. The Morgan fingerprint density at radius 2 is 1.45 bits per heavy atom. The molecule has 6 nitrogen and oxygen atoms in total. The van der Waals surface area contributed by atoms with Crippen LogP contribution in [-0.2, 0) is 17.4 Å². The van der Waals surface area contributed by atoms with Gasteiger partial charge in [0.25, 0.3) is 5.91 Å². The molecule has 0 radical (unpaired) electrons. The Hall–Kier alpha value is -4.66. The molecule has 1 fully saturated rings. The first-order chi connectivity index (χ1) is 19.1. The molecule has 0 aliphatic carbocycles. The summed E-state index contributed by atoms with van der Waals surface area (Å²) in [6, 6.07) is 17.9. The van der Waals surface area contributed by atoms with E-state index in [0.717, 1.165) is 25.0 Å². The summed E-state index contributed by atoms with van der Waals surface area (Å²) in [5.41, 5.74) is 2.36. The minimum Gasteiger partial charge on any atom is -0.481 e. The molecule has 0 bridgehead atoms. The molecule has 0 unspecified atom stereocenters. The summed E-state index contributed by atoms with van der Waals surface area (Å²) in [5.74, 6) is -1.70. The number of carbonyl (C=O) groups excluding carboxylic acids is 2. The van der Waals surface area contributed by atoms with Gasteiger partial charge in [-0.3, -0.25) is 14.4 Å². The van der Waals surface area contributed by atoms with E-state index in [9.17, 15) is 27.6 Å². The maximum Gasteiger partial charge on any atom is 0.416 e. The number of hydrogen-bond donors (Lipinski definition) is 2. The molecule has 0 spiro atoms. The number of halogens is 3. The number of aliphatic carboxylic acids is 1. The first-order valence-corrected chi connectivity index (χ1v) is 12.8. The lowest BCUT2D eigenvalue weighted by Gasteiger charge is -2.17. The van der Waals surface area contributed by atoms with Crippen LogP contribution < -0.4 is 0 Å². The molecule has 4 aromatic rings. The number of alkyl halides is 3. The van der Waals surface area contributed by atoms with Gasteiger partial charge >= 0.3 is 12.1 Å². The van der Waals surface area contributed by atoms with Gasteiger partial charge < -0.3 is 15.0 Å². The number of benzene rings is 3. The number of carboxylic acids is 1. The Morgan fingerprint density at radius 1 is 0.825 bits per heavy atom. The normalized spacial score (nSPS) is 13.4. The lowest BCUT2D eigenvalue weighted by molar-refractivity contribution is -0.138. The molecule has 1 saturated heterocycles. The molecule has 1 aliphatic heterocycles. The van der Waals surface area contributed by atoms with Crippen molar-refractivity contribution in [3.63, 3.8) is 0 Å². The van der Waals surface area contributed by atoms with Crippen molar-refractivity contribution in [3.05, 3.63) is 107 Å². The van der Waals surface area contributed by atoms with Gasteiger partial charge in [-0.05, 0) is 47.2 Å². The van der Waals surface area contributed by atoms with E-state index in [1.54, 1.807) is 53.4 Å². The van der Waals surface area contributed by atoms with Crippen molar-refractivity contribution >= 4 is 17.7 Å². The number of aromatic nitrogens is 1. The van der Waals surface area contributed by atoms with E-state index in [1.807, 2.05) is 0 Å². The van der Waals surface area contributed by atoms with Crippen molar-refractivity contribution in [2.75, 3.05) is 13.1 Å². The number of carboxylic acid groups (broad SMARTS) is 1. The molecule has 1 aliphatic rings. The van der Waals surface area contributed by atoms with Gasteiger partial charge in [-0.15, -0.1) is 0 Å². The summed E-state index contributed by atoms with van der Waals surface area (Å²) in [6.45, 7) is 1.13. The van der Waals surface area contributed by atoms with Crippen LogP contribution in [0.15, 0.2) is 79.0 Å². The molecule has 0 atom stereocenters. The first-order valence-electron chi connectivity index (χ1n) is 12.8. The third kappa shape index (κ3) is 5.40. The van der Waals surface area contributed by atoms with Crippen LogP contribution >= 0.6 is 0 Å². The zero-order valence-corrected chi connectivity index (χ0v) is 21.3. The van der Waals surface area contributed by atoms with E-state index >= 15 is 0 Å². The van der Waals surface area contributed by atoms with Gasteiger partial charge in [-0.2, -0.15) is 13.2 Å². The lowest BCUT2D eigenvalue weighted by atomic mass is 9.91. The number of hydrogen-bond acceptors (Lipinski definition) is 3. The monoisotopic (exact) mass is 546 g/mol. The second kappa shape index (κ2) is 10.8. The molecule has 204 valence electrons. The molecular weight excluding hydrogens is 521 g/mol. The van der Waals surface area contributed by atoms with Crippen molar-refractivity contribution in [1.29, 1.82) is 0 Å². The standard InChI is InChI=1S/C31H25F3N2O4/c32-31(33,34)22-13-11-20(12-14-22)23-5-1-2-6-24(23)29(39)25-18-35-28(27(25)30(40)36-15-3-4-16-36)21-9-7-19(8-10-21)17-26(37)38/h1-2,5-14,18,35H,3-4,15-17H2,(H,37,38). The highest BCUT2D eigenvalue weighted by atomic mass is 19.4. The summed E-state index contributed by atoms with van der Waals surface area (Å²) in [6.07, 6.45) is -1.43. The molecule has 9 heteroatoms. The highest BCUT2D eigenvalue weighted by Crippen LogP contribution is 2.34. The number of ketones is 1. The smallest absolute Gasteiger partial charge is 0.416 e. The average Bonchev–Trinajstić information content (AvgIpc) is 3.63. The summed E-state index contributed by atoms with van der Waals surface area (Å²) in [4.78, 5) is 43.6. The molecular formula is C31H25F3N2O4. The Morgan fingerprint density at radius 3 is 2.08 bits per heavy atom. The Kier molecular flexibility index (Phi) is 7.30. The SMILES string of the molecule is O=C(O)Cc1ccc(-c2[nH]cc(C(=O)c3ccccc3-c3ccc(C(F)(F)F)cc3)c2C(=O)N2CCCC2)cc1. The summed E-state index contributed by atoms with van der Waals surface area (Å²) in [7, 11) is 0. The lowest BCUT2D eigenvalue weighted by Crippen LogP contribution is -2.29. The molecule has 1 amide bonds. The predicted molar refractivity (Wildman–Crippen MR) is 143 cm³/mol. The van der Waals surface area contributed by atoms with E-state index in [-0.39, 0.29) is 29.0 Å². The second-order valence-electron chi connectivity index (χ2n) is 9.67. The van der Waals surface area contributed by atoms with Gasteiger partial charge in [0, 0.05) is 24.8 Å². The van der Waals surface area contributed by atoms with E-state index < -0.39 is 23.5 Å². The molecule has 2 heterocycles. The maximum atomic E-state index is 14.0. The molecule has 40 heavy (non-hydrogen) atoms. The topological polar surface area (TPSA) is 90.5 Å². The van der Waals surface area contributed by atoms with Gasteiger partial charge in [-0.1, -0.05) is 60.7 Å². The van der Waals surface area contributed by atoms with Crippen LogP contribution in [0.5, 0.6) is 0 Å². The quantitative estimate of drug-likeness (QED) is 0.260. The van der Waals surface area contributed by atoms with Crippen molar-refractivity contribution in [2.24, 2.45) is 0 Å². The number of H-pyrrole nitrogens is 1. The van der Waals surface area contributed by atoms with Gasteiger partial charge in [0.15, 0.2) is 5.78 Å². The first kappa shape index (κ1) is 26.9. The summed E-state index contributed by atoms with van der Waals surface area (Å²) >= 11 is 0. The fourth-order valence-corrected chi connectivity index (χ4v) is 5.01. The van der Waals surface area contributed by atoms with E-state index in [1.165, 1.54) is 18.3 Å². The van der Waals surface area contributed by atoms with Crippen LogP contribution in [-0.4, -0.2) is 45.7 Å². The predicted octanol–water partition coefficient (Wildman–Crippen LogP) is 6.46. The van der Waals surface area contributed by atoms with Crippen LogP contribution in [0.2, 0.25) is 0 Å². The number of amides is 1. The number of aromatic amines is 1. The number of nitrogens with one attached hydrogen (secondary N) is 1. The zero-order valence-electron chi connectivity index (χ0n) is 21.3. The number of nitrogens with zero attached hydrogens (tertiary/aromatic N) is 1. The van der Waals surface area contributed by atoms with E-state index in [0.29, 0.717) is 41.0 Å². The van der Waals surface area contributed by atoms with Crippen molar-refractivity contribution in [2.45, 2.75) is 25.4 Å². The number of rotatable bonds is 7. The van der Waals surface area contributed by atoms with Crippen molar-refractivity contribution < 1.29 is 32.7 Å². The van der Waals surface area contributed by atoms with Crippen LogP contribution in [0.3, 0.4) is 0 Å². The van der Waals surface area contributed by atoms with Gasteiger partial charge in [0.2, 0.25) is 0 Å². The largest absolute Gasteiger partial charge is 0.481 e. The van der Waals surface area contributed by atoms with Gasteiger partial charge in [-0.25, -0.2) is 0 Å². The minimum absolute atomic E-state index is 0.144. The van der Waals surface area contributed by atoms with E-state index in [4.69, 9.17) is 5.11 Å². The maximum absolute atomic E-state index is 14.0. The summed E-state index contributed by atoms with van der Waals surface area (Å²) in [5, 5.41) is 9.07. The molecule has 0 saturated carbocycles. The molecule has 5 rings (SSSR count). The molecule has 3 aromatic carbocycles. The second-order valence-corrected chi connectivity index (χ2v) is 9.67. The third-order valence-electron chi connectivity index (χ3n) is 7.02. The third-order valence-corrected chi connectivity index (χ3v) is 7.02. The zero-order chi connectivity index (χ0) is 28.4. The van der Waals surface area contributed by atoms with E-state index in [2.05, 4.69) is 4.98 Å². The minimum atomic E-state index is -4.48. The fraction of sp³-hybridized carbons (Fsp3) is 0.194. The Labute approximate surface area is 228 Å².